The van der Waals surface area contributed by atoms with Gasteiger partial charge in [-0.1, -0.05) is 30.3 Å². The number of aromatic nitrogens is 1. The van der Waals surface area contributed by atoms with E-state index in [0.717, 1.165) is 16.8 Å². The topological polar surface area (TPSA) is 82.5 Å². The number of carboxylic acid groups (broad SMARTS) is 1. The SMILES string of the molecule is O=C(O)C(F)(F)F.Oc1cccc2cc(Nc3ccccc3)cnc12. The van der Waals surface area contributed by atoms with Gasteiger partial charge in [-0.25, -0.2) is 4.79 Å². The van der Waals surface area contributed by atoms with Gasteiger partial charge in [-0.15, -0.1) is 0 Å². The number of alkyl halides is 3. The van der Waals surface area contributed by atoms with Crippen LogP contribution >= 0.6 is 0 Å². The van der Waals surface area contributed by atoms with Gasteiger partial charge in [0.1, 0.15) is 11.3 Å². The number of nitrogens with zero attached hydrogens (tertiary/aromatic N) is 1. The summed E-state index contributed by atoms with van der Waals surface area (Å²) >= 11 is 0. The molecule has 0 radical (unpaired) electrons. The number of anilines is 2. The molecule has 130 valence electrons. The molecule has 3 N–H and O–H groups in total. The van der Waals surface area contributed by atoms with Gasteiger partial charge < -0.3 is 15.5 Å². The van der Waals surface area contributed by atoms with Crippen LogP contribution in [0.2, 0.25) is 0 Å². The van der Waals surface area contributed by atoms with Crippen LogP contribution in [0.3, 0.4) is 0 Å². The zero-order chi connectivity index (χ0) is 18.4. The summed E-state index contributed by atoms with van der Waals surface area (Å²) in [6.07, 6.45) is -3.37. The monoisotopic (exact) mass is 350 g/mol. The number of hydrogen-bond donors (Lipinski definition) is 3. The zero-order valence-corrected chi connectivity index (χ0v) is 12.7. The second-order valence-electron chi connectivity index (χ2n) is 4.87. The maximum atomic E-state index is 10.6. The number of phenols is 1. The Morgan fingerprint density at radius 2 is 1.64 bits per heavy atom. The predicted octanol–water partition coefficient (Wildman–Crippen LogP) is 4.32. The minimum atomic E-state index is -5.08. The fourth-order valence-electron chi connectivity index (χ4n) is 1.90. The molecule has 0 saturated carbocycles. The molecule has 0 saturated heterocycles. The van der Waals surface area contributed by atoms with Gasteiger partial charge in [0, 0.05) is 11.1 Å². The smallest absolute Gasteiger partial charge is 0.490 e. The van der Waals surface area contributed by atoms with Crippen LogP contribution in [0.4, 0.5) is 24.5 Å². The predicted molar refractivity (Wildman–Crippen MR) is 86.8 cm³/mol. The highest BCUT2D eigenvalue weighted by Gasteiger charge is 2.38. The maximum absolute atomic E-state index is 10.6. The van der Waals surface area contributed by atoms with Crippen molar-refractivity contribution < 1.29 is 28.2 Å². The van der Waals surface area contributed by atoms with E-state index in [1.165, 1.54) is 0 Å². The summed E-state index contributed by atoms with van der Waals surface area (Å²) < 4.78 is 31.7. The van der Waals surface area contributed by atoms with Crippen LogP contribution in [-0.2, 0) is 4.79 Å². The lowest BCUT2D eigenvalue weighted by Gasteiger charge is -2.07. The Bertz CT molecular complexity index is 868. The average molecular weight is 350 g/mol. The number of phenolic OH excluding ortho intramolecular Hbond substituents is 1. The third-order valence-corrected chi connectivity index (χ3v) is 2.99. The number of aliphatic carboxylic acids is 1. The van der Waals surface area contributed by atoms with Crippen LogP contribution in [0.1, 0.15) is 0 Å². The molecule has 8 heteroatoms. The Balaban J connectivity index is 0.000000277. The molecule has 3 aromatic rings. The van der Waals surface area contributed by atoms with Crippen molar-refractivity contribution in [1.29, 1.82) is 0 Å². The van der Waals surface area contributed by atoms with Crippen LogP contribution in [0.25, 0.3) is 10.9 Å². The first-order valence-corrected chi connectivity index (χ1v) is 6.97. The summed E-state index contributed by atoms with van der Waals surface area (Å²) in [7, 11) is 0. The standard InChI is InChI=1S/C15H12N2O.C2HF3O2/c18-14-8-4-5-11-9-13(10-16-15(11)14)17-12-6-2-1-3-7-12;3-2(4,5)1(6)7/h1-10,17-18H;(H,6,7). The van der Waals surface area contributed by atoms with Crippen molar-refractivity contribution in [3.63, 3.8) is 0 Å². The largest absolute Gasteiger partial charge is 0.506 e. The molecule has 0 atom stereocenters. The first-order chi connectivity index (χ1) is 11.8. The molecule has 0 unspecified atom stereocenters. The Morgan fingerprint density at radius 1 is 1.00 bits per heavy atom. The molecule has 0 aliphatic carbocycles. The number of aromatic hydroxyl groups is 1. The van der Waals surface area contributed by atoms with Crippen LogP contribution < -0.4 is 5.32 Å². The molecule has 25 heavy (non-hydrogen) atoms. The minimum absolute atomic E-state index is 0.207. The van der Waals surface area contributed by atoms with E-state index in [2.05, 4.69) is 10.3 Å². The molecular formula is C17H13F3N2O3. The number of halogens is 3. The van der Waals surface area contributed by atoms with Gasteiger partial charge in [-0.2, -0.15) is 13.2 Å². The molecule has 1 aromatic heterocycles. The van der Waals surface area contributed by atoms with Crippen molar-refractivity contribution in [3.05, 3.63) is 60.8 Å². The van der Waals surface area contributed by atoms with Gasteiger partial charge in [0.25, 0.3) is 0 Å². The van der Waals surface area contributed by atoms with Crippen molar-refractivity contribution in [3.8, 4) is 5.75 Å². The van der Waals surface area contributed by atoms with Gasteiger partial charge in [0.15, 0.2) is 0 Å². The number of pyridine rings is 1. The highest BCUT2D eigenvalue weighted by Crippen LogP contribution is 2.25. The summed E-state index contributed by atoms with van der Waals surface area (Å²) in [6, 6.07) is 17.3. The summed E-state index contributed by atoms with van der Waals surface area (Å²) in [5, 5.41) is 21.0. The summed E-state index contributed by atoms with van der Waals surface area (Å²) in [4.78, 5) is 13.2. The molecule has 0 aliphatic rings. The number of rotatable bonds is 2. The number of carboxylic acids is 1. The Hall–Kier alpha value is -3.29. The third kappa shape index (κ3) is 5.10. The molecule has 2 aromatic carbocycles. The van der Waals surface area contributed by atoms with Crippen molar-refractivity contribution >= 4 is 28.2 Å². The van der Waals surface area contributed by atoms with E-state index >= 15 is 0 Å². The fourth-order valence-corrected chi connectivity index (χ4v) is 1.90. The summed E-state index contributed by atoms with van der Waals surface area (Å²) in [5.74, 6) is -2.55. The van der Waals surface area contributed by atoms with E-state index in [-0.39, 0.29) is 5.75 Å². The van der Waals surface area contributed by atoms with E-state index in [4.69, 9.17) is 9.90 Å². The molecule has 0 spiro atoms. The quantitative estimate of drug-likeness (QED) is 0.641. The van der Waals surface area contributed by atoms with Gasteiger partial charge >= 0.3 is 12.1 Å². The lowest BCUT2D eigenvalue weighted by atomic mass is 10.2. The van der Waals surface area contributed by atoms with Crippen molar-refractivity contribution in [2.24, 2.45) is 0 Å². The molecule has 3 rings (SSSR count). The molecular weight excluding hydrogens is 337 g/mol. The first kappa shape index (κ1) is 18.1. The van der Waals surface area contributed by atoms with E-state index in [1.807, 2.05) is 48.5 Å². The number of fused-ring (bicyclic) bond motifs is 1. The van der Waals surface area contributed by atoms with Crippen LogP contribution in [0, 0.1) is 0 Å². The second kappa shape index (κ2) is 7.52. The highest BCUT2D eigenvalue weighted by atomic mass is 19.4. The first-order valence-electron chi connectivity index (χ1n) is 6.97. The van der Waals surface area contributed by atoms with E-state index < -0.39 is 12.1 Å². The fraction of sp³-hybridized carbons (Fsp3) is 0.0588. The Kier molecular flexibility index (Phi) is 5.43. The summed E-state index contributed by atoms with van der Waals surface area (Å²) in [5.41, 5.74) is 2.54. The Morgan fingerprint density at radius 3 is 2.24 bits per heavy atom. The van der Waals surface area contributed by atoms with Gasteiger partial charge in [0.05, 0.1) is 11.9 Å². The van der Waals surface area contributed by atoms with Crippen LogP contribution in [0.15, 0.2) is 60.8 Å². The van der Waals surface area contributed by atoms with Gasteiger partial charge in [-0.3, -0.25) is 4.98 Å². The maximum Gasteiger partial charge on any atom is 0.490 e. The second-order valence-corrected chi connectivity index (χ2v) is 4.87. The van der Waals surface area contributed by atoms with Gasteiger partial charge in [0.2, 0.25) is 0 Å². The molecule has 0 amide bonds. The molecule has 1 heterocycles. The molecule has 0 aliphatic heterocycles. The molecule has 0 bridgehead atoms. The van der Waals surface area contributed by atoms with E-state index in [0.29, 0.717) is 5.52 Å². The van der Waals surface area contributed by atoms with Crippen LogP contribution in [0.5, 0.6) is 5.75 Å². The van der Waals surface area contributed by atoms with E-state index in [9.17, 15) is 18.3 Å². The number of benzene rings is 2. The minimum Gasteiger partial charge on any atom is -0.506 e. The molecule has 0 fully saturated rings. The van der Waals surface area contributed by atoms with E-state index in [1.54, 1.807) is 12.3 Å². The zero-order valence-electron chi connectivity index (χ0n) is 12.7. The lowest BCUT2D eigenvalue weighted by Crippen LogP contribution is -2.21. The summed E-state index contributed by atoms with van der Waals surface area (Å²) in [6.45, 7) is 0. The highest BCUT2D eigenvalue weighted by molar-refractivity contribution is 5.87. The van der Waals surface area contributed by atoms with Crippen molar-refractivity contribution in [2.45, 2.75) is 6.18 Å². The van der Waals surface area contributed by atoms with Gasteiger partial charge in [-0.05, 0) is 24.3 Å². The lowest BCUT2D eigenvalue weighted by molar-refractivity contribution is -0.192. The average Bonchev–Trinajstić information content (AvgIpc) is 2.55. The number of carbonyl (C=O) groups is 1. The number of para-hydroxylation sites is 2. The number of hydrogen-bond acceptors (Lipinski definition) is 4. The normalized spacial score (nSPS) is 10.7. The van der Waals surface area contributed by atoms with Crippen molar-refractivity contribution in [2.75, 3.05) is 5.32 Å². The third-order valence-electron chi connectivity index (χ3n) is 2.99. The van der Waals surface area contributed by atoms with Crippen molar-refractivity contribution in [1.82, 2.24) is 4.98 Å². The Labute approximate surface area is 140 Å². The number of nitrogens with one attached hydrogen (secondary N) is 1. The van der Waals surface area contributed by atoms with Crippen LogP contribution in [-0.4, -0.2) is 27.3 Å². The molecule has 5 nitrogen and oxygen atoms in total.